The van der Waals surface area contributed by atoms with E-state index in [0.717, 1.165) is 5.56 Å². The molecular formula is C20H27N3O. The summed E-state index contributed by atoms with van der Waals surface area (Å²) in [5, 5.41) is 3.05. The van der Waals surface area contributed by atoms with Crippen molar-refractivity contribution < 1.29 is 4.79 Å². The van der Waals surface area contributed by atoms with E-state index < -0.39 is 0 Å². The van der Waals surface area contributed by atoms with Gasteiger partial charge in [0.1, 0.15) is 0 Å². The predicted molar refractivity (Wildman–Crippen MR) is 101 cm³/mol. The third kappa shape index (κ3) is 4.59. The summed E-state index contributed by atoms with van der Waals surface area (Å²) in [6, 6.07) is 16.2. The SMILES string of the molecule is Cc1cccc(C(=O)NCC(c2ccc(N(C)C)cc2)N(C)C)c1. The van der Waals surface area contributed by atoms with Crippen molar-refractivity contribution in [1.82, 2.24) is 10.2 Å². The monoisotopic (exact) mass is 325 g/mol. The number of hydrogen-bond acceptors (Lipinski definition) is 3. The maximum absolute atomic E-state index is 12.4. The molecule has 0 radical (unpaired) electrons. The molecule has 1 unspecified atom stereocenters. The van der Waals surface area contributed by atoms with Crippen molar-refractivity contribution in [2.45, 2.75) is 13.0 Å². The number of nitrogens with zero attached hydrogens (tertiary/aromatic N) is 2. The van der Waals surface area contributed by atoms with E-state index in [0.29, 0.717) is 12.1 Å². The summed E-state index contributed by atoms with van der Waals surface area (Å²) in [4.78, 5) is 16.6. The van der Waals surface area contributed by atoms with Crippen LogP contribution in [0.2, 0.25) is 0 Å². The molecule has 1 amide bonds. The van der Waals surface area contributed by atoms with Gasteiger partial charge in [-0.1, -0.05) is 29.8 Å². The molecule has 2 aromatic rings. The summed E-state index contributed by atoms with van der Waals surface area (Å²) < 4.78 is 0. The Bertz CT molecular complexity index is 678. The van der Waals surface area contributed by atoms with Gasteiger partial charge in [0.25, 0.3) is 5.91 Å². The van der Waals surface area contributed by atoms with Crippen LogP contribution in [0.4, 0.5) is 5.69 Å². The molecular weight excluding hydrogens is 298 g/mol. The normalized spacial score (nSPS) is 12.1. The van der Waals surface area contributed by atoms with E-state index in [9.17, 15) is 4.79 Å². The molecule has 0 spiro atoms. The van der Waals surface area contributed by atoms with Crippen LogP contribution in [0.25, 0.3) is 0 Å². The molecule has 24 heavy (non-hydrogen) atoms. The van der Waals surface area contributed by atoms with Crippen LogP contribution in [-0.4, -0.2) is 45.5 Å². The summed E-state index contributed by atoms with van der Waals surface area (Å²) in [5.74, 6) is -0.0320. The Hall–Kier alpha value is -2.33. The average Bonchev–Trinajstić information content (AvgIpc) is 2.55. The zero-order chi connectivity index (χ0) is 17.7. The minimum Gasteiger partial charge on any atom is -0.378 e. The van der Waals surface area contributed by atoms with E-state index in [-0.39, 0.29) is 11.9 Å². The summed E-state index contributed by atoms with van der Waals surface area (Å²) in [5.41, 5.74) is 4.15. The van der Waals surface area contributed by atoms with Crippen LogP contribution >= 0.6 is 0 Å². The van der Waals surface area contributed by atoms with Crippen LogP contribution < -0.4 is 10.2 Å². The van der Waals surface area contributed by atoms with Gasteiger partial charge in [0.2, 0.25) is 0 Å². The van der Waals surface area contributed by atoms with Crippen LogP contribution in [0, 0.1) is 6.92 Å². The summed E-state index contributed by atoms with van der Waals surface area (Å²) >= 11 is 0. The topological polar surface area (TPSA) is 35.6 Å². The lowest BCUT2D eigenvalue weighted by Gasteiger charge is -2.26. The number of likely N-dealkylation sites (N-methyl/N-ethyl adjacent to an activating group) is 1. The first kappa shape index (κ1) is 18.0. The van der Waals surface area contributed by atoms with Crippen molar-refractivity contribution in [1.29, 1.82) is 0 Å². The molecule has 0 fully saturated rings. The predicted octanol–water partition coefficient (Wildman–Crippen LogP) is 3.09. The number of hydrogen-bond donors (Lipinski definition) is 1. The van der Waals surface area contributed by atoms with Gasteiger partial charge in [0, 0.05) is 31.9 Å². The van der Waals surface area contributed by atoms with Gasteiger partial charge in [-0.05, 0) is 50.8 Å². The van der Waals surface area contributed by atoms with Crippen LogP contribution in [0.3, 0.4) is 0 Å². The average molecular weight is 325 g/mol. The van der Waals surface area contributed by atoms with Crippen molar-refractivity contribution in [3.8, 4) is 0 Å². The second-order valence-corrected chi connectivity index (χ2v) is 6.54. The maximum atomic E-state index is 12.4. The molecule has 0 aliphatic carbocycles. The Kier molecular flexibility index (Phi) is 5.99. The minimum atomic E-state index is -0.0320. The van der Waals surface area contributed by atoms with Gasteiger partial charge in [0.15, 0.2) is 0 Å². The Morgan fingerprint density at radius 1 is 1.04 bits per heavy atom. The highest BCUT2D eigenvalue weighted by molar-refractivity contribution is 5.94. The first-order chi connectivity index (χ1) is 11.4. The van der Waals surface area contributed by atoms with Crippen molar-refractivity contribution >= 4 is 11.6 Å². The highest BCUT2D eigenvalue weighted by Gasteiger charge is 2.16. The fourth-order valence-electron chi connectivity index (χ4n) is 2.67. The Labute approximate surface area is 145 Å². The molecule has 0 aromatic heterocycles. The van der Waals surface area contributed by atoms with Gasteiger partial charge in [-0.15, -0.1) is 0 Å². The Morgan fingerprint density at radius 2 is 1.71 bits per heavy atom. The Balaban J connectivity index is 2.07. The van der Waals surface area contributed by atoms with Crippen LogP contribution in [0.1, 0.15) is 27.5 Å². The lowest BCUT2D eigenvalue weighted by atomic mass is 10.0. The maximum Gasteiger partial charge on any atom is 0.251 e. The molecule has 0 aliphatic rings. The van der Waals surface area contributed by atoms with E-state index >= 15 is 0 Å². The lowest BCUT2D eigenvalue weighted by molar-refractivity contribution is 0.0942. The van der Waals surface area contributed by atoms with Gasteiger partial charge in [-0.3, -0.25) is 4.79 Å². The summed E-state index contributed by atoms with van der Waals surface area (Å²) in [6.07, 6.45) is 0. The van der Waals surface area contributed by atoms with E-state index in [4.69, 9.17) is 0 Å². The van der Waals surface area contributed by atoms with Crippen LogP contribution in [-0.2, 0) is 0 Å². The smallest absolute Gasteiger partial charge is 0.251 e. The fraction of sp³-hybridized carbons (Fsp3) is 0.350. The van der Waals surface area contributed by atoms with E-state index in [1.165, 1.54) is 11.3 Å². The summed E-state index contributed by atoms with van der Waals surface area (Å²) in [6.45, 7) is 2.56. The number of anilines is 1. The van der Waals surface area contributed by atoms with Gasteiger partial charge < -0.3 is 15.1 Å². The van der Waals surface area contributed by atoms with Gasteiger partial charge >= 0.3 is 0 Å². The van der Waals surface area contributed by atoms with Crippen LogP contribution in [0.5, 0.6) is 0 Å². The third-order valence-corrected chi connectivity index (χ3v) is 4.15. The number of carbonyl (C=O) groups excluding carboxylic acids is 1. The van der Waals surface area contributed by atoms with E-state index in [1.807, 2.05) is 59.4 Å². The number of rotatable bonds is 6. The fourth-order valence-corrected chi connectivity index (χ4v) is 2.67. The molecule has 0 aliphatic heterocycles. The lowest BCUT2D eigenvalue weighted by Crippen LogP contribution is -2.34. The van der Waals surface area contributed by atoms with E-state index in [2.05, 4.69) is 39.4 Å². The second-order valence-electron chi connectivity index (χ2n) is 6.54. The molecule has 1 atom stereocenters. The van der Waals surface area contributed by atoms with Crippen molar-refractivity contribution in [3.63, 3.8) is 0 Å². The number of benzene rings is 2. The molecule has 128 valence electrons. The third-order valence-electron chi connectivity index (χ3n) is 4.15. The van der Waals surface area contributed by atoms with Gasteiger partial charge in [-0.2, -0.15) is 0 Å². The zero-order valence-electron chi connectivity index (χ0n) is 15.2. The molecule has 0 bridgehead atoms. The molecule has 2 rings (SSSR count). The first-order valence-electron chi connectivity index (χ1n) is 8.17. The number of nitrogens with one attached hydrogen (secondary N) is 1. The van der Waals surface area contributed by atoms with Gasteiger partial charge in [0.05, 0.1) is 6.04 Å². The van der Waals surface area contributed by atoms with Crippen molar-refractivity contribution in [2.24, 2.45) is 0 Å². The van der Waals surface area contributed by atoms with Crippen molar-refractivity contribution in [2.75, 3.05) is 39.6 Å². The number of amides is 1. The molecule has 2 aromatic carbocycles. The van der Waals surface area contributed by atoms with Gasteiger partial charge in [-0.25, -0.2) is 0 Å². The highest BCUT2D eigenvalue weighted by Crippen LogP contribution is 2.21. The molecule has 0 saturated heterocycles. The number of aryl methyl sites for hydroxylation is 1. The first-order valence-corrected chi connectivity index (χ1v) is 8.17. The molecule has 1 N–H and O–H groups in total. The highest BCUT2D eigenvalue weighted by atomic mass is 16.1. The summed E-state index contributed by atoms with van der Waals surface area (Å²) in [7, 11) is 8.12. The molecule has 0 heterocycles. The standard InChI is InChI=1S/C20H27N3O/c1-15-7-6-8-17(13-15)20(24)21-14-19(23(4)5)16-9-11-18(12-10-16)22(2)3/h6-13,19H,14H2,1-5H3,(H,21,24). The zero-order valence-corrected chi connectivity index (χ0v) is 15.2. The van der Waals surface area contributed by atoms with Crippen molar-refractivity contribution in [3.05, 3.63) is 65.2 Å². The quantitative estimate of drug-likeness (QED) is 0.886. The van der Waals surface area contributed by atoms with E-state index in [1.54, 1.807) is 0 Å². The Morgan fingerprint density at radius 3 is 2.25 bits per heavy atom. The largest absolute Gasteiger partial charge is 0.378 e. The molecule has 4 nitrogen and oxygen atoms in total. The second kappa shape index (κ2) is 7.97. The van der Waals surface area contributed by atoms with Crippen LogP contribution in [0.15, 0.2) is 48.5 Å². The molecule has 0 saturated carbocycles. The number of carbonyl (C=O) groups is 1. The minimum absolute atomic E-state index is 0.0320. The molecule has 4 heteroatoms.